The molecule has 2 amide bonds. The standard InChI is InChI=1S/C17H15F3N4O2/c18-17(19,20)11-4-7-14(22-9-11)23-15(25)16(26)24(13-5-6-13)10-12-3-1-2-8-21-12/h1-4,7-9,13H,5-6,10H2,(H,22,23,25). The quantitative estimate of drug-likeness (QED) is 0.847. The summed E-state index contributed by atoms with van der Waals surface area (Å²) in [6.45, 7) is 0.193. The highest BCUT2D eigenvalue weighted by Crippen LogP contribution is 2.29. The van der Waals surface area contributed by atoms with E-state index in [1.807, 2.05) is 0 Å². The number of carbonyl (C=O) groups is 2. The van der Waals surface area contributed by atoms with E-state index in [4.69, 9.17) is 0 Å². The van der Waals surface area contributed by atoms with Crippen molar-refractivity contribution in [3.05, 3.63) is 54.0 Å². The lowest BCUT2D eigenvalue weighted by atomic mass is 10.2. The Kier molecular flexibility index (Phi) is 4.88. The highest BCUT2D eigenvalue weighted by molar-refractivity contribution is 6.39. The number of amides is 2. The van der Waals surface area contributed by atoms with Gasteiger partial charge in [-0.1, -0.05) is 6.07 Å². The first-order valence-corrected chi connectivity index (χ1v) is 7.89. The minimum atomic E-state index is -4.52. The van der Waals surface area contributed by atoms with Crippen molar-refractivity contribution in [2.45, 2.75) is 31.6 Å². The molecule has 1 fully saturated rings. The molecule has 9 heteroatoms. The molecule has 3 rings (SSSR count). The zero-order valence-electron chi connectivity index (χ0n) is 13.5. The number of pyridine rings is 2. The fourth-order valence-electron chi connectivity index (χ4n) is 2.35. The minimum absolute atomic E-state index is 0.0316. The van der Waals surface area contributed by atoms with E-state index in [0.717, 1.165) is 25.0 Å². The van der Waals surface area contributed by atoms with E-state index in [2.05, 4.69) is 15.3 Å². The summed E-state index contributed by atoms with van der Waals surface area (Å²) in [6, 6.07) is 7.04. The highest BCUT2D eigenvalue weighted by Gasteiger charge is 2.36. The van der Waals surface area contributed by atoms with Gasteiger partial charge in [-0.2, -0.15) is 13.2 Å². The molecule has 26 heavy (non-hydrogen) atoms. The highest BCUT2D eigenvalue weighted by atomic mass is 19.4. The lowest BCUT2D eigenvalue weighted by Crippen LogP contribution is -2.41. The van der Waals surface area contributed by atoms with Gasteiger partial charge in [0.05, 0.1) is 17.8 Å². The molecule has 1 aliphatic rings. The van der Waals surface area contributed by atoms with Crippen LogP contribution in [0.2, 0.25) is 0 Å². The molecular weight excluding hydrogens is 349 g/mol. The van der Waals surface area contributed by atoms with Crippen LogP contribution in [0.4, 0.5) is 19.0 Å². The van der Waals surface area contributed by atoms with E-state index >= 15 is 0 Å². The van der Waals surface area contributed by atoms with Gasteiger partial charge in [0.25, 0.3) is 0 Å². The van der Waals surface area contributed by atoms with Crippen molar-refractivity contribution in [3.63, 3.8) is 0 Å². The maximum Gasteiger partial charge on any atom is 0.417 e. The Balaban J connectivity index is 1.66. The van der Waals surface area contributed by atoms with Crippen LogP contribution in [0.5, 0.6) is 0 Å². The van der Waals surface area contributed by atoms with Crippen molar-refractivity contribution >= 4 is 17.6 Å². The lowest BCUT2D eigenvalue weighted by molar-refractivity contribution is -0.144. The van der Waals surface area contributed by atoms with E-state index in [9.17, 15) is 22.8 Å². The molecule has 1 N–H and O–H groups in total. The predicted octanol–water partition coefficient (Wildman–Crippen LogP) is 2.63. The number of halogens is 3. The second kappa shape index (κ2) is 7.11. The zero-order valence-corrected chi connectivity index (χ0v) is 13.5. The van der Waals surface area contributed by atoms with E-state index in [1.54, 1.807) is 24.4 Å². The summed E-state index contributed by atoms with van der Waals surface area (Å²) in [7, 11) is 0. The molecule has 0 spiro atoms. The number of nitrogens with one attached hydrogen (secondary N) is 1. The Bertz CT molecular complexity index is 790. The first-order valence-electron chi connectivity index (χ1n) is 7.89. The summed E-state index contributed by atoms with van der Waals surface area (Å²) < 4.78 is 37.6. The van der Waals surface area contributed by atoms with Crippen LogP contribution in [0.25, 0.3) is 0 Å². The Morgan fingerprint density at radius 1 is 1.15 bits per heavy atom. The number of rotatable bonds is 4. The Hall–Kier alpha value is -2.97. The number of hydrogen-bond donors (Lipinski definition) is 1. The van der Waals surface area contributed by atoms with Crippen molar-refractivity contribution in [2.24, 2.45) is 0 Å². The zero-order chi connectivity index (χ0) is 18.7. The SMILES string of the molecule is O=C(Nc1ccc(C(F)(F)F)cn1)C(=O)N(Cc1ccccn1)C1CC1. The van der Waals surface area contributed by atoms with Crippen molar-refractivity contribution in [2.75, 3.05) is 5.32 Å². The maximum atomic E-state index is 12.5. The molecule has 2 aromatic rings. The van der Waals surface area contributed by atoms with Crippen LogP contribution in [0, 0.1) is 0 Å². The van der Waals surface area contributed by atoms with Gasteiger partial charge in [-0.05, 0) is 37.1 Å². The van der Waals surface area contributed by atoms with Gasteiger partial charge in [0.15, 0.2) is 0 Å². The van der Waals surface area contributed by atoms with Crippen LogP contribution in [-0.2, 0) is 22.3 Å². The van der Waals surface area contributed by atoms with Gasteiger partial charge < -0.3 is 10.2 Å². The van der Waals surface area contributed by atoms with Crippen LogP contribution >= 0.6 is 0 Å². The normalized spacial score (nSPS) is 14.0. The first kappa shape index (κ1) is 17.8. The topological polar surface area (TPSA) is 75.2 Å². The Morgan fingerprint density at radius 3 is 2.46 bits per heavy atom. The van der Waals surface area contributed by atoms with Gasteiger partial charge in [0.1, 0.15) is 5.82 Å². The van der Waals surface area contributed by atoms with Crippen LogP contribution in [0.3, 0.4) is 0 Å². The maximum absolute atomic E-state index is 12.5. The molecule has 0 radical (unpaired) electrons. The number of hydrogen-bond acceptors (Lipinski definition) is 4. The summed E-state index contributed by atoms with van der Waals surface area (Å²) in [5.74, 6) is -1.83. The second-order valence-corrected chi connectivity index (χ2v) is 5.87. The molecular formula is C17H15F3N4O2. The predicted molar refractivity (Wildman–Crippen MR) is 85.7 cm³/mol. The second-order valence-electron chi connectivity index (χ2n) is 5.87. The molecule has 136 valence electrons. The first-order chi connectivity index (χ1) is 12.3. The molecule has 0 atom stereocenters. The van der Waals surface area contributed by atoms with Gasteiger partial charge in [-0.15, -0.1) is 0 Å². The summed E-state index contributed by atoms with van der Waals surface area (Å²) >= 11 is 0. The smallest absolute Gasteiger partial charge is 0.326 e. The average molecular weight is 364 g/mol. The monoisotopic (exact) mass is 364 g/mol. The van der Waals surface area contributed by atoms with Gasteiger partial charge in [-0.25, -0.2) is 4.98 Å². The van der Waals surface area contributed by atoms with E-state index < -0.39 is 23.6 Å². The Labute approximate surface area is 147 Å². The van der Waals surface area contributed by atoms with E-state index in [-0.39, 0.29) is 18.4 Å². The van der Waals surface area contributed by atoms with Gasteiger partial charge in [0.2, 0.25) is 0 Å². The van der Waals surface area contributed by atoms with Gasteiger partial charge in [-0.3, -0.25) is 14.6 Å². The molecule has 1 saturated carbocycles. The number of anilines is 1. The van der Waals surface area contributed by atoms with Gasteiger partial charge in [0, 0.05) is 18.4 Å². The molecule has 1 aliphatic carbocycles. The third kappa shape index (κ3) is 4.35. The summed E-state index contributed by atoms with van der Waals surface area (Å²) in [5.41, 5.74) is -0.287. The summed E-state index contributed by atoms with van der Waals surface area (Å²) in [4.78, 5) is 33.7. The van der Waals surface area contributed by atoms with Crippen LogP contribution in [0.15, 0.2) is 42.7 Å². The van der Waals surface area contributed by atoms with E-state index in [0.29, 0.717) is 11.9 Å². The fraction of sp³-hybridized carbons (Fsp3) is 0.294. The number of alkyl halides is 3. The number of carbonyl (C=O) groups excluding carboxylic acids is 2. The molecule has 2 heterocycles. The fourth-order valence-corrected chi connectivity index (χ4v) is 2.35. The number of aromatic nitrogens is 2. The van der Waals surface area contributed by atoms with Crippen molar-refractivity contribution < 1.29 is 22.8 Å². The van der Waals surface area contributed by atoms with Crippen LogP contribution < -0.4 is 5.32 Å². The van der Waals surface area contributed by atoms with Crippen molar-refractivity contribution in [1.29, 1.82) is 0 Å². The van der Waals surface area contributed by atoms with Crippen molar-refractivity contribution in [3.8, 4) is 0 Å². The molecule has 0 unspecified atom stereocenters. The van der Waals surface area contributed by atoms with E-state index in [1.165, 1.54) is 4.90 Å². The van der Waals surface area contributed by atoms with Crippen LogP contribution in [0.1, 0.15) is 24.1 Å². The molecule has 0 bridgehead atoms. The number of nitrogens with zero attached hydrogens (tertiary/aromatic N) is 3. The third-order valence-electron chi connectivity index (χ3n) is 3.83. The lowest BCUT2D eigenvalue weighted by Gasteiger charge is -2.21. The third-order valence-corrected chi connectivity index (χ3v) is 3.83. The van der Waals surface area contributed by atoms with Crippen molar-refractivity contribution in [1.82, 2.24) is 14.9 Å². The summed E-state index contributed by atoms with van der Waals surface area (Å²) in [6.07, 6.45) is -0.727. The summed E-state index contributed by atoms with van der Waals surface area (Å²) in [5, 5.41) is 2.24. The Morgan fingerprint density at radius 2 is 1.92 bits per heavy atom. The molecule has 6 nitrogen and oxygen atoms in total. The molecule has 0 saturated heterocycles. The molecule has 2 aromatic heterocycles. The largest absolute Gasteiger partial charge is 0.417 e. The van der Waals surface area contributed by atoms with Gasteiger partial charge >= 0.3 is 18.0 Å². The minimum Gasteiger partial charge on any atom is -0.326 e. The molecule has 0 aromatic carbocycles. The van der Waals surface area contributed by atoms with Crippen LogP contribution in [-0.4, -0.2) is 32.7 Å². The molecule has 0 aliphatic heterocycles. The average Bonchev–Trinajstić information content (AvgIpc) is 3.44.